The van der Waals surface area contributed by atoms with E-state index in [4.69, 9.17) is 9.88 Å². The lowest BCUT2D eigenvalue weighted by atomic mass is 10.00. The van der Waals surface area contributed by atoms with Crippen molar-refractivity contribution in [3.8, 4) is 0 Å². The average Bonchev–Trinajstić information content (AvgIpc) is 2.77. The Morgan fingerprint density at radius 1 is 1.48 bits per heavy atom. The summed E-state index contributed by atoms with van der Waals surface area (Å²) >= 11 is 3.26. The van der Waals surface area contributed by atoms with Crippen LogP contribution in [0.1, 0.15) is 29.3 Å². The maximum atomic E-state index is 12.4. The van der Waals surface area contributed by atoms with E-state index in [0.29, 0.717) is 29.7 Å². The van der Waals surface area contributed by atoms with Crippen LogP contribution in [-0.4, -0.2) is 33.1 Å². The van der Waals surface area contributed by atoms with Crippen LogP contribution < -0.4 is 10.5 Å². The first-order chi connectivity index (χ1) is 9.62. The van der Waals surface area contributed by atoms with Crippen molar-refractivity contribution in [1.82, 2.24) is 5.32 Å². The molecule has 21 heavy (non-hydrogen) atoms. The summed E-state index contributed by atoms with van der Waals surface area (Å²) in [6.07, 6.45) is 0.716. The largest absolute Gasteiger partial charge is 0.379 e. The highest BCUT2D eigenvalue weighted by atomic mass is 79.9. The number of carbonyl (C=O) groups is 1. The second kappa shape index (κ2) is 5.68. The molecule has 1 saturated heterocycles. The molecule has 1 amide bonds. The Hall–Kier alpha value is -0.960. The number of nitrogens with one attached hydrogen (secondary N) is 1. The number of halogens is 1. The molecule has 0 spiro atoms. The van der Waals surface area contributed by atoms with Crippen LogP contribution in [0.2, 0.25) is 0 Å². The number of primary sulfonamides is 1. The van der Waals surface area contributed by atoms with Crippen LogP contribution >= 0.6 is 15.9 Å². The van der Waals surface area contributed by atoms with Crippen LogP contribution in [-0.2, 0) is 14.8 Å². The van der Waals surface area contributed by atoms with E-state index in [0.717, 1.165) is 0 Å². The zero-order valence-corrected chi connectivity index (χ0v) is 14.2. The first-order valence-electron chi connectivity index (χ1n) is 6.36. The summed E-state index contributed by atoms with van der Waals surface area (Å²) < 4.78 is 28.8. The van der Waals surface area contributed by atoms with E-state index in [-0.39, 0.29) is 16.4 Å². The standard InChI is InChI=1S/C13H17BrN2O4S/c1-8-10(5-9(6-11(8)14)21(15,18)19)12(17)16-13(2)3-4-20-7-13/h5-6H,3-4,7H2,1-2H3,(H,16,17)(H2,15,18,19). The molecule has 1 atom stereocenters. The van der Waals surface area contributed by atoms with Crippen LogP contribution in [0.5, 0.6) is 0 Å². The van der Waals surface area contributed by atoms with E-state index in [1.807, 2.05) is 6.92 Å². The Kier molecular flexibility index (Phi) is 4.44. The molecule has 3 N–H and O–H groups in total. The third-order valence-corrected chi connectivity index (χ3v) is 5.24. The van der Waals surface area contributed by atoms with Crippen molar-refractivity contribution < 1.29 is 17.9 Å². The molecule has 1 fully saturated rings. The minimum atomic E-state index is -3.88. The number of ether oxygens (including phenoxy) is 1. The van der Waals surface area contributed by atoms with Gasteiger partial charge in [-0.05, 0) is 38.0 Å². The van der Waals surface area contributed by atoms with Gasteiger partial charge in [-0.3, -0.25) is 4.79 Å². The number of hydrogen-bond donors (Lipinski definition) is 2. The number of sulfonamides is 1. The lowest BCUT2D eigenvalue weighted by Gasteiger charge is -2.24. The average molecular weight is 377 g/mol. The molecule has 1 unspecified atom stereocenters. The predicted octanol–water partition coefficient (Wildman–Crippen LogP) is 1.31. The van der Waals surface area contributed by atoms with E-state index in [1.54, 1.807) is 6.92 Å². The molecule has 6 nitrogen and oxygen atoms in total. The summed E-state index contributed by atoms with van der Waals surface area (Å²) in [5.41, 5.74) is 0.497. The molecule has 0 saturated carbocycles. The van der Waals surface area contributed by atoms with E-state index in [9.17, 15) is 13.2 Å². The van der Waals surface area contributed by atoms with Crippen LogP contribution in [0.25, 0.3) is 0 Å². The molecule has 0 aliphatic carbocycles. The van der Waals surface area contributed by atoms with Gasteiger partial charge in [-0.1, -0.05) is 15.9 Å². The monoisotopic (exact) mass is 376 g/mol. The van der Waals surface area contributed by atoms with Gasteiger partial charge in [0.05, 0.1) is 17.0 Å². The van der Waals surface area contributed by atoms with E-state index < -0.39 is 15.6 Å². The quantitative estimate of drug-likeness (QED) is 0.830. The van der Waals surface area contributed by atoms with Crippen LogP contribution in [0, 0.1) is 6.92 Å². The maximum Gasteiger partial charge on any atom is 0.252 e. The number of carbonyl (C=O) groups excluding carboxylic acids is 1. The summed E-state index contributed by atoms with van der Waals surface area (Å²) in [5.74, 6) is -0.341. The fraction of sp³-hybridized carbons (Fsp3) is 0.462. The fourth-order valence-electron chi connectivity index (χ4n) is 2.16. The van der Waals surface area contributed by atoms with E-state index in [1.165, 1.54) is 12.1 Å². The van der Waals surface area contributed by atoms with Gasteiger partial charge in [-0.15, -0.1) is 0 Å². The molecule has 0 aromatic heterocycles. The zero-order chi connectivity index (χ0) is 15.8. The number of amides is 1. The molecule has 8 heteroatoms. The topological polar surface area (TPSA) is 98.5 Å². The lowest BCUT2D eigenvalue weighted by molar-refractivity contribution is 0.0889. The molecule has 0 bridgehead atoms. The minimum absolute atomic E-state index is 0.0991. The number of rotatable bonds is 3. The van der Waals surface area contributed by atoms with Crippen LogP contribution in [0.15, 0.2) is 21.5 Å². The molecular weight excluding hydrogens is 360 g/mol. The van der Waals surface area contributed by atoms with Crippen molar-refractivity contribution in [2.24, 2.45) is 5.14 Å². The summed E-state index contributed by atoms with van der Waals surface area (Å²) in [6, 6.07) is 2.69. The van der Waals surface area contributed by atoms with Gasteiger partial charge in [-0.25, -0.2) is 13.6 Å². The summed E-state index contributed by atoms with van der Waals surface area (Å²) in [4.78, 5) is 12.3. The Morgan fingerprint density at radius 3 is 2.67 bits per heavy atom. The van der Waals surface area contributed by atoms with Gasteiger partial charge in [0.2, 0.25) is 10.0 Å². The van der Waals surface area contributed by atoms with E-state index in [2.05, 4.69) is 21.2 Å². The smallest absolute Gasteiger partial charge is 0.252 e. The van der Waals surface area contributed by atoms with Gasteiger partial charge in [0.15, 0.2) is 0 Å². The molecule has 1 aliphatic heterocycles. The van der Waals surface area contributed by atoms with Gasteiger partial charge in [0.1, 0.15) is 0 Å². The molecule has 2 rings (SSSR count). The van der Waals surface area contributed by atoms with Gasteiger partial charge in [-0.2, -0.15) is 0 Å². The third kappa shape index (κ3) is 3.63. The number of nitrogens with two attached hydrogens (primary N) is 1. The van der Waals surface area contributed by atoms with Crippen molar-refractivity contribution in [2.75, 3.05) is 13.2 Å². The summed E-state index contributed by atoms with van der Waals surface area (Å²) in [6.45, 7) is 4.66. The molecular formula is C13H17BrN2O4S. The Balaban J connectivity index is 2.38. The van der Waals surface area contributed by atoms with Crippen molar-refractivity contribution in [1.29, 1.82) is 0 Å². The normalized spacial score (nSPS) is 22.3. The highest BCUT2D eigenvalue weighted by Crippen LogP contribution is 2.26. The molecule has 1 aromatic rings. The zero-order valence-electron chi connectivity index (χ0n) is 11.8. The van der Waals surface area contributed by atoms with E-state index >= 15 is 0 Å². The van der Waals surface area contributed by atoms with Gasteiger partial charge < -0.3 is 10.1 Å². The van der Waals surface area contributed by atoms with Crippen molar-refractivity contribution in [2.45, 2.75) is 30.7 Å². The summed E-state index contributed by atoms with van der Waals surface area (Å²) in [5, 5.41) is 8.03. The fourth-order valence-corrected chi connectivity index (χ4v) is 3.34. The lowest BCUT2D eigenvalue weighted by Crippen LogP contribution is -2.46. The highest BCUT2D eigenvalue weighted by Gasteiger charge is 2.32. The first-order valence-corrected chi connectivity index (χ1v) is 8.69. The molecule has 1 heterocycles. The van der Waals surface area contributed by atoms with Gasteiger partial charge >= 0.3 is 0 Å². The van der Waals surface area contributed by atoms with Crippen LogP contribution in [0.4, 0.5) is 0 Å². The Morgan fingerprint density at radius 2 is 2.14 bits per heavy atom. The summed E-state index contributed by atoms with van der Waals surface area (Å²) in [7, 11) is -3.88. The maximum absolute atomic E-state index is 12.4. The van der Waals surface area contributed by atoms with Crippen molar-refractivity contribution >= 4 is 31.9 Å². The molecule has 116 valence electrons. The molecule has 1 aromatic carbocycles. The Bertz CT molecular complexity index is 682. The SMILES string of the molecule is Cc1c(Br)cc(S(N)(=O)=O)cc1C(=O)NC1(C)CCOC1. The second-order valence-electron chi connectivity index (χ2n) is 5.44. The third-order valence-electron chi connectivity index (χ3n) is 3.53. The predicted molar refractivity (Wildman–Crippen MR) is 81.6 cm³/mol. The molecule has 0 radical (unpaired) electrons. The second-order valence-corrected chi connectivity index (χ2v) is 7.86. The minimum Gasteiger partial charge on any atom is -0.379 e. The van der Waals surface area contributed by atoms with Crippen molar-refractivity contribution in [3.63, 3.8) is 0 Å². The number of benzene rings is 1. The molecule has 1 aliphatic rings. The number of hydrogen-bond acceptors (Lipinski definition) is 4. The van der Waals surface area contributed by atoms with Crippen LogP contribution in [0.3, 0.4) is 0 Å². The Labute approximate surface area is 132 Å². The van der Waals surface area contributed by atoms with Gasteiger partial charge in [0, 0.05) is 16.6 Å². The van der Waals surface area contributed by atoms with Gasteiger partial charge in [0.25, 0.3) is 5.91 Å². The highest BCUT2D eigenvalue weighted by molar-refractivity contribution is 9.10. The van der Waals surface area contributed by atoms with Crippen molar-refractivity contribution in [3.05, 3.63) is 27.7 Å². The first kappa shape index (κ1) is 16.4.